The van der Waals surface area contributed by atoms with E-state index in [9.17, 15) is 14.4 Å². The van der Waals surface area contributed by atoms with E-state index in [2.05, 4.69) is 5.32 Å². The van der Waals surface area contributed by atoms with Crippen LogP contribution in [0.4, 0.5) is 5.69 Å². The summed E-state index contributed by atoms with van der Waals surface area (Å²) in [6, 6.07) is 9.79. The van der Waals surface area contributed by atoms with Gasteiger partial charge in [-0.3, -0.25) is 19.3 Å². The van der Waals surface area contributed by atoms with Crippen LogP contribution in [0.25, 0.3) is 0 Å². The summed E-state index contributed by atoms with van der Waals surface area (Å²) in [4.78, 5) is 38.9. The molecule has 2 aromatic carbocycles. The van der Waals surface area contributed by atoms with Gasteiger partial charge in [-0.25, -0.2) is 0 Å². The summed E-state index contributed by atoms with van der Waals surface area (Å²) < 4.78 is 0. The number of halogens is 1. The molecule has 0 bridgehead atoms. The first-order valence-corrected chi connectivity index (χ1v) is 9.23. The molecule has 0 atom stereocenters. The van der Waals surface area contributed by atoms with Crippen LogP contribution in [0, 0.1) is 12.8 Å². The second-order valence-electron chi connectivity index (χ2n) is 7.12. The highest BCUT2D eigenvalue weighted by atomic mass is 35.5. The fraction of sp³-hybridized carbons (Fsp3) is 0.286. The fourth-order valence-corrected chi connectivity index (χ4v) is 3.21. The van der Waals surface area contributed by atoms with Gasteiger partial charge in [-0.15, -0.1) is 0 Å². The highest BCUT2D eigenvalue weighted by Gasteiger charge is 2.35. The van der Waals surface area contributed by atoms with Crippen LogP contribution in [0.15, 0.2) is 36.4 Å². The van der Waals surface area contributed by atoms with Crippen molar-refractivity contribution in [3.63, 3.8) is 0 Å². The predicted octanol–water partition coefficient (Wildman–Crippen LogP) is 4.54. The highest BCUT2D eigenvalue weighted by Crippen LogP contribution is 2.26. The Balaban J connectivity index is 1.82. The van der Waals surface area contributed by atoms with Gasteiger partial charge in [0.1, 0.15) is 0 Å². The Morgan fingerprint density at radius 3 is 2.44 bits per heavy atom. The molecule has 140 valence electrons. The molecule has 0 saturated heterocycles. The van der Waals surface area contributed by atoms with E-state index < -0.39 is 0 Å². The zero-order valence-corrected chi connectivity index (χ0v) is 16.3. The molecule has 3 rings (SSSR count). The van der Waals surface area contributed by atoms with E-state index in [4.69, 9.17) is 11.6 Å². The first kappa shape index (κ1) is 19.1. The molecule has 2 aromatic rings. The smallest absolute Gasteiger partial charge is 0.261 e. The van der Waals surface area contributed by atoms with Crippen LogP contribution in [0.5, 0.6) is 0 Å². The van der Waals surface area contributed by atoms with Gasteiger partial charge in [-0.2, -0.15) is 0 Å². The van der Waals surface area contributed by atoms with Crippen molar-refractivity contribution in [2.24, 2.45) is 5.92 Å². The fourth-order valence-electron chi connectivity index (χ4n) is 2.98. The lowest BCUT2D eigenvalue weighted by Gasteiger charge is -2.14. The van der Waals surface area contributed by atoms with Gasteiger partial charge in [0, 0.05) is 22.8 Å². The number of carbonyl (C=O) groups is 3. The van der Waals surface area contributed by atoms with Crippen LogP contribution in [0.3, 0.4) is 0 Å². The Morgan fingerprint density at radius 2 is 1.78 bits per heavy atom. The maximum Gasteiger partial charge on any atom is 0.261 e. The Morgan fingerprint density at radius 1 is 1.07 bits per heavy atom. The number of rotatable bonds is 5. The van der Waals surface area contributed by atoms with Crippen molar-refractivity contribution in [2.45, 2.75) is 27.2 Å². The van der Waals surface area contributed by atoms with Crippen molar-refractivity contribution in [2.75, 3.05) is 11.9 Å². The molecule has 6 heteroatoms. The number of carbonyl (C=O) groups excluding carboxylic acids is 3. The molecular weight excluding hydrogens is 364 g/mol. The first-order chi connectivity index (χ1) is 12.8. The van der Waals surface area contributed by atoms with Gasteiger partial charge >= 0.3 is 0 Å². The lowest BCUT2D eigenvalue weighted by atomic mass is 10.0. The van der Waals surface area contributed by atoms with Gasteiger partial charge in [-0.1, -0.05) is 25.4 Å². The molecule has 0 radical (unpaired) electrons. The van der Waals surface area contributed by atoms with Crippen molar-refractivity contribution >= 4 is 35.0 Å². The molecule has 0 aliphatic carbocycles. The zero-order chi connectivity index (χ0) is 19.7. The molecule has 27 heavy (non-hydrogen) atoms. The molecule has 0 aromatic heterocycles. The van der Waals surface area contributed by atoms with Gasteiger partial charge in [0.05, 0.1) is 11.1 Å². The van der Waals surface area contributed by atoms with Gasteiger partial charge in [0.2, 0.25) is 0 Å². The average molecular weight is 385 g/mol. The Kier molecular flexibility index (Phi) is 5.33. The lowest BCUT2D eigenvalue weighted by molar-refractivity contribution is 0.0647. The third-order valence-corrected chi connectivity index (χ3v) is 4.83. The first-order valence-electron chi connectivity index (χ1n) is 8.85. The van der Waals surface area contributed by atoms with Crippen molar-refractivity contribution < 1.29 is 14.4 Å². The van der Waals surface area contributed by atoms with E-state index in [0.717, 1.165) is 12.0 Å². The van der Waals surface area contributed by atoms with E-state index >= 15 is 0 Å². The number of amides is 3. The third-order valence-electron chi connectivity index (χ3n) is 4.60. The molecule has 3 amide bonds. The minimum Gasteiger partial charge on any atom is -0.322 e. The average Bonchev–Trinajstić information content (AvgIpc) is 2.85. The number of imide groups is 1. The molecule has 0 unspecified atom stereocenters. The van der Waals surface area contributed by atoms with Gasteiger partial charge in [0.25, 0.3) is 17.7 Å². The van der Waals surface area contributed by atoms with Crippen molar-refractivity contribution in [3.8, 4) is 0 Å². The Bertz CT molecular complexity index is 937. The van der Waals surface area contributed by atoms with Crippen LogP contribution >= 0.6 is 11.6 Å². The minimum atomic E-state index is -0.343. The number of hydrogen-bond donors (Lipinski definition) is 1. The number of nitrogens with zero attached hydrogens (tertiary/aromatic N) is 1. The molecule has 0 spiro atoms. The summed E-state index contributed by atoms with van der Waals surface area (Å²) in [5.41, 5.74) is 2.44. The van der Waals surface area contributed by atoms with E-state index in [0.29, 0.717) is 34.3 Å². The van der Waals surface area contributed by atoms with Crippen molar-refractivity contribution in [1.82, 2.24) is 4.90 Å². The summed E-state index contributed by atoms with van der Waals surface area (Å²) in [6.45, 7) is 6.31. The number of anilines is 1. The van der Waals surface area contributed by atoms with Crippen LogP contribution in [-0.2, 0) is 0 Å². The molecule has 5 nitrogen and oxygen atoms in total. The standard InChI is InChI=1S/C21H21ClN2O3/c1-12(2)8-9-24-20(26)16-6-4-14(11-17(16)21(24)27)19(25)23-18-7-5-15(22)10-13(18)3/h4-7,10-12H,8-9H2,1-3H3,(H,23,25). The van der Waals surface area contributed by atoms with Gasteiger partial charge in [-0.05, 0) is 61.2 Å². The second-order valence-corrected chi connectivity index (χ2v) is 7.55. The molecule has 0 fully saturated rings. The maximum absolute atomic E-state index is 12.6. The molecule has 1 aliphatic rings. The van der Waals surface area contributed by atoms with E-state index in [1.165, 1.54) is 11.0 Å². The SMILES string of the molecule is Cc1cc(Cl)ccc1NC(=O)c1ccc2c(c1)C(=O)N(CCC(C)C)C2=O. The molecule has 1 heterocycles. The minimum absolute atomic E-state index is 0.282. The van der Waals surface area contributed by atoms with E-state index in [1.807, 2.05) is 20.8 Å². The topological polar surface area (TPSA) is 66.5 Å². The number of benzene rings is 2. The third kappa shape index (κ3) is 3.88. The maximum atomic E-state index is 12.6. The molecule has 1 N–H and O–H groups in total. The zero-order valence-electron chi connectivity index (χ0n) is 15.5. The van der Waals surface area contributed by atoms with E-state index in [1.54, 1.807) is 30.3 Å². The predicted molar refractivity (Wildman–Crippen MR) is 105 cm³/mol. The second kappa shape index (κ2) is 7.53. The van der Waals surface area contributed by atoms with Crippen LogP contribution in [0.2, 0.25) is 5.02 Å². The lowest BCUT2D eigenvalue weighted by Crippen LogP contribution is -2.31. The molecule has 0 saturated carbocycles. The Labute approximate surface area is 163 Å². The number of fused-ring (bicyclic) bond motifs is 1. The summed E-state index contributed by atoms with van der Waals surface area (Å²) in [6.07, 6.45) is 0.745. The molecule has 1 aliphatic heterocycles. The quantitative estimate of drug-likeness (QED) is 0.769. The summed E-state index contributed by atoms with van der Waals surface area (Å²) >= 11 is 5.94. The van der Waals surface area contributed by atoms with Gasteiger partial charge in [0.15, 0.2) is 0 Å². The summed E-state index contributed by atoms with van der Waals surface area (Å²) in [5, 5.41) is 3.41. The van der Waals surface area contributed by atoms with Crippen LogP contribution in [0.1, 0.15) is 56.9 Å². The largest absolute Gasteiger partial charge is 0.322 e. The van der Waals surface area contributed by atoms with Crippen LogP contribution < -0.4 is 5.32 Å². The molecular formula is C21H21ClN2O3. The van der Waals surface area contributed by atoms with Crippen molar-refractivity contribution in [1.29, 1.82) is 0 Å². The van der Waals surface area contributed by atoms with Crippen LogP contribution in [-0.4, -0.2) is 29.2 Å². The Hall–Kier alpha value is -2.66. The number of aryl methyl sites for hydroxylation is 1. The normalized spacial score (nSPS) is 13.3. The summed E-state index contributed by atoms with van der Waals surface area (Å²) in [7, 11) is 0. The summed E-state index contributed by atoms with van der Waals surface area (Å²) in [5.74, 6) is -0.591. The highest BCUT2D eigenvalue weighted by molar-refractivity contribution is 6.30. The number of hydrogen-bond acceptors (Lipinski definition) is 3. The number of nitrogens with one attached hydrogen (secondary N) is 1. The van der Waals surface area contributed by atoms with Gasteiger partial charge < -0.3 is 5.32 Å². The van der Waals surface area contributed by atoms with Crippen molar-refractivity contribution in [3.05, 3.63) is 63.7 Å². The van der Waals surface area contributed by atoms with E-state index in [-0.39, 0.29) is 23.3 Å². The monoisotopic (exact) mass is 384 g/mol.